The molecule has 28 heavy (non-hydrogen) atoms. The van der Waals surface area contributed by atoms with Crippen LogP contribution in [0, 0.1) is 13.8 Å². The molecule has 0 saturated carbocycles. The molecule has 0 amide bonds. The molecular weight excluding hydrogens is 368 g/mol. The van der Waals surface area contributed by atoms with E-state index in [2.05, 4.69) is 56.2 Å². The molecule has 0 spiro atoms. The summed E-state index contributed by atoms with van der Waals surface area (Å²) in [6, 6.07) is 10.6. The smallest absolute Gasteiger partial charge is 0.307 e. The van der Waals surface area contributed by atoms with E-state index in [1.54, 1.807) is 28.7 Å². The van der Waals surface area contributed by atoms with Gasteiger partial charge in [0.05, 0.1) is 5.69 Å². The van der Waals surface area contributed by atoms with E-state index in [-0.39, 0.29) is 11.7 Å². The summed E-state index contributed by atoms with van der Waals surface area (Å²) in [6.45, 7) is 9.68. The lowest BCUT2D eigenvalue weighted by Crippen LogP contribution is -2.25. The van der Waals surface area contributed by atoms with Crippen molar-refractivity contribution < 1.29 is 0 Å². The van der Waals surface area contributed by atoms with E-state index >= 15 is 0 Å². The molecule has 1 N–H and O–H groups in total. The molecule has 0 fully saturated rings. The van der Waals surface area contributed by atoms with Crippen LogP contribution in [0.5, 0.6) is 0 Å². The van der Waals surface area contributed by atoms with Gasteiger partial charge in [-0.2, -0.15) is 0 Å². The first-order chi connectivity index (χ1) is 13.4. The molecule has 2 heterocycles. The molecule has 0 unspecified atom stereocenters. The van der Waals surface area contributed by atoms with Gasteiger partial charge in [0, 0.05) is 43.5 Å². The van der Waals surface area contributed by atoms with Gasteiger partial charge >= 0.3 is 5.69 Å². The summed E-state index contributed by atoms with van der Waals surface area (Å²) >= 11 is 1.67. The fourth-order valence-corrected chi connectivity index (χ4v) is 4.76. The lowest BCUT2D eigenvalue weighted by molar-refractivity contribution is 0.532. The Morgan fingerprint density at radius 3 is 2.32 bits per heavy atom. The second-order valence-corrected chi connectivity index (χ2v) is 8.50. The van der Waals surface area contributed by atoms with Crippen LogP contribution in [0.3, 0.4) is 0 Å². The topological polar surface area (TPSA) is 51.9 Å². The maximum atomic E-state index is 12.9. The first-order valence-electron chi connectivity index (χ1n) is 9.52. The number of imidazole rings is 1. The lowest BCUT2D eigenvalue weighted by atomic mass is 10.2. The Balaban J connectivity index is 1.92. The zero-order valence-electron chi connectivity index (χ0n) is 17.2. The Bertz CT molecular complexity index is 985. The van der Waals surface area contributed by atoms with Gasteiger partial charge in [-0.15, -0.1) is 0 Å². The highest BCUT2D eigenvalue weighted by Gasteiger charge is 2.20. The Morgan fingerprint density at radius 1 is 1.07 bits per heavy atom. The van der Waals surface area contributed by atoms with Gasteiger partial charge in [-0.3, -0.25) is 14.1 Å². The zero-order chi connectivity index (χ0) is 20.3. The molecule has 3 aromatic rings. The molecule has 3 rings (SSSR count). The van der Waals surface area contributed by atoms with E-state index in [9.17, 15) is 4.79 Å². The van der Waals surface area contributed by atoms with E-state index in [1.807, 2.05) is 23.7 Å². The van der Waals surface area contributed by atoms with Gasteiger partial charge in [0.15, 0.2) is 0 Å². The summed E-state index contributed by atoms with van der Waals surface area (Å²) in [7, 11) is 1.86. The van der Waals surface area contributed by atoms with Crippen molar-refractivity contribution in [1.82, 2.24) is 19.4 Å². The van der Waals surface area contributed by atoms with Crippen LogP contribution in [0.2, 0.25) is 0 Å². The van der Waals surface area contributed by atoms with E-state index in [0.29, 0.717) is 6.54 Å². The molecule has 0 atom stereocenters. The molecule has 2 aromatic heterocycles. The minimum Gasteiger partial charge on any atom is -0.307 e. The summed E-state index contributed by atoms with van der Waals surface area (Å²) in [6.07, 6.45) is 3.59. The Hall–Kier alpha value is -2.31. The summed E-state index contributed by atoms with van der Waals surface area (Å²) in [4.78, 5) is 18.1. The van der Waals surface area contributed by atoms with E-state index < -0.39 is 0 Å². The molecule has 0 radical (unpaired) electrons. The van der Waals surface area contributed by atoms with E-state index in [1.165, 1.54) is 16.7 Å². The van der Waals surface area contributed by atoms with Crippen LogP contribution < -0.4 is 11.0 Å². The predicted octanol–water partition coefficient (Wildman–Crippen LogP) is 4.22. The molecule has 6 heteroatoms. The number of aryl methyl sites for hydroxylation is 2. The van der Waals surface area contributed by atoms with Crippen molar-refractivity contribution in [2.75, 3.05) is 0 Å². The molecule has 0 bridgehead atoms. The van der Waals surface area contributed by atoms with Crippen molar-refractivity contribution in [1.29, 1.82) is 0 Å². The SMILES string of the molecule is Cc1cc(C)cc(Sc2c(CNCc3ccncc3)n(C)c(=O)n2C(C)C)c1. The summed E-state index contributed by atoms with van der Waals surface area (Å²) in [5.74, 6) is 0. The number of nitrogens with zero attached hydrogens (tertiary/aromatic N) is 3. The average molecular weight is 397 g/mol. The van der Waals surface area contributed by atoms with Crippen molar-refractivity contribution >= 4 is 11.8 Å². The van der Waals surface area contributed by atoms with Gasteiger partial charge in [0.2, 0.25) is 0 Å². The maximum absolute atomic E-state index is 12.9. The number of aromatic nitrogens is 3. The second kappa shape index (κ2) is 8.80. The van der Waals surface area contributed by atoms with Gasteiger partial charge in [-0.05, 0) is 68.7 Å². The second-order valence-electron chi connectivity index (χ2n) is 7.44. The Labute approximate surface area is 170 Å². The fraction of sp³-hybridized carbons (Fsp3) is 0.364. The van der Waals surface area contributed by atoms with Crippen molar-refractivity contribution in [3.05, 3.63) is 75.6 Å². The number of nitrogens with one attached hydrogen (secondary N) is 1. The highest BCUT2D eigenvalue weighted by atomic mass is 32.2. The highest BCUT2D eigenvalue weighted by Crippen LogP contribution is 2.33. The first-order valence-corrected chi connectivity index (χ1v) is 10.3. The van der Waals surface area contributed by atoms with Gasteiger partial charge in [-0.25, -0.2) is 4.79 Å². The number of pyridine rings is 1. The van der Waals surface area contributed by atoms with E-state index in [4.69, 9.17) is 0 Å². The summed E-state index contributed by atoms with van der Waals surface area (Å²) in [5, 5.41) is 4.48. The minimum atomic E-state index is 0.0302. The van der Waals surface area contributed by atoms with Crippen LogP contribution in [0.15, 0.2) is 57.4 Å². The summed E-state index contributed by atoms with van der Waals surface area (Å²) < 4.78 is 3.66. The molecule has 0 aliphatic rings. The third kappa shape index (κ3) is 4.56. The van der Waals surface area contributed by atoms with Crippen LogP contribution >= 0.6 is 11.8 Å². The molecule has 1 aromatic carbocycles. The number of hydrogen-bond acceptors (Lipinski definition) is 4. The predicted molar refractivity (Wildman–Crippen MR) is 115 cm³/mol. The van der Waals surface area contributed by atoms with Crippen LogP contribution in [0.4, 0.5) is 0 Å². The Kier molecular flexibility index (Phi) is 6.42. The molecular formula is C22H28N4OS. The number of benzene rings is 1. The van der Waals surface area contributed by atoms with Crippen molar-refractivity contribution in [3.8, 4) is 0 Å². The molecule has 0 aliphatic heterocycles. The minimum absolute atomic E-state index is 0.0302. The van der Waals surface area contributed by atoms with Gasteiger partial charge in [-0.1, -0.05) is 17.8 Å². The van der Waals surface area contributed by atoms with Crippen molar-refractivity contribution in [3.63, 3.8) is 0 Å². The van der Waals surface area contributed by atoms with Crippen LogP contribution in [-0.2, 0) is 20.1 Å². The highest BCUT2D eigenvalue weighted by molar-refractivity contribution is 7.99. The first kappa shape index (κ1) is 20.4. The largest absolute Gasteiger partial charge is 0.329 e. The van der Waals surface area contributed by atoms with Crippen LogP contribution in [-0.4, -0.2) is 14.1 Å². The van der Waals surface area contributed by atoms with Crippen molar-refractivity contribution in [2.24, 2.45) is 7.05 Å². The van der Waals surface area contributed by atoms with Crippen molar-refractivity contribution in [2.45, 2.75) is 56.7 Å². The third-order valence-corrected chi connectivity index (χ3v) is 5.76. The van der Waals surface area contributed by atoms with Gasteiger partial charge in [0.25, 0.3) is 0 Å². The standard InChI is InChI=1S/C22H28N4OS/c1-15(2)26-21(28-19-11-16(3)10-17(4)12-19)20(25(5)22(26)27)14-24-13-18-6-8-23-9-7-18/h6-12,15,24H,13-14H2,1-5H3. The van der Waals surface area contributed by atoms with E-state index in [0.717, 1.165) is 22.2 Å². The van der Waals surface area contributed by atoms with Crippen LogP contribution in [0.1, 0.15) is 42.3 Å². The zero-order valence-corrected chi connectivity index (χ0v) is 18.0. The molecule has 0 aliphatic carbocycles. The van der Waals surface area contributed by atoms with Crippen LogP contribution in [0.25, 0.3) is 0 Å². The van der Waals surface area contributed by atoms with Gasteiger partial charge < -0.3 is 5.32 Å². The quantitative estimate of drug-likeness (QED) is 0.650. The monoisotopic (exact) mass is 396 g/mol. The fourth-order valence-electron chi connectivity index (χ4n) is 3.33. The van der Waals surface area contributed by atoms with Gasteiger partial charge in [0.1, 0.15) is 5.03 Å². The molecule has 148 valence electrons. The average Bonchev–Trinajstić information content (AvgIpc) is 2.86. The molecule has 0 saturated heterocycles. The lowest BCUT2D eigenvalue weighted by Gasteiger charge is -2.13. The number of hydrogen-bond donors (Lipinski definition) is 1. The third-order valence-electron chi connectivity index (χ3n) is 4.66. The maximum Gasteiger partial charge on any atom is 0.329 e. The Morgan fingerprint density at radius 2 is 1.71 bits per heavy atom. The normalized spacial score (nSPS) is 11.4. The summed E-state index contributed by atoms with van der Waals surface area (Å²) in [5.41, 5.74) is 4.68. The number of rotatable bonds is 7. The molecule has 5 nitrogen and oxygen atoms in total.